The van der Waals surface area contributed by atoms with Gasteiger partial charge in [0, 0.05) is 31.3 Å². The highest BCUT2D eigenvalue weighted by Crippen LogP contribution is 2.20. The molecule has 0 aromatic heterocycles. The summed E-state index contributed by atoms with van der Waals surface area (Å²) in [6.45, 7) is 5.45. The molecule has 1 aromatic carbocycles. The maximum absolute atomic E-state index is 12.1. The number of esters is 1. The lowest BCUT2D eigenvalue weighted by Gasteiger charge is -2.24. The molecule has 156 valence electrons. The summed E-state index contributed by atoms with van der Waals surface area (Å²) >= 11 is 0. The number of hydrogen-bond acceptors (Lipinski definition) is 5. The second-order valence-corrected chi connectivity index (χ2v) is 7.62. The molecule has 1 N–H and O–H groups in total. The summed E-state index contributed by atoms with van der Waals surface area (Å²) in [5.74, 6) is -0.250. The van der Waals surface area contributed by atoms with E-state index >= 15 is 0 Å². The molecule has 2 amide bonds. The first-order chi connectivity index (χ1) is 13.1. The summed E-state index contributed by atoms with van der Waals surface area (Å²) in [7, 11) is 3.02. The Morgan fingerprint density at radius 2 is 1.54 bits per heavy atom. The van der Waals surface area contributed by atoms with E-state index in [4.69, 9.17) is 4.74 Å². The number of nitrogens with zero attached hydrogens (tertiary/aromatic N) is 1. The van der Waals surface area contributed by atoms with E-state index in [2.05, 4.69) is 10.1 Å². The number of nitrogens with one attached hydrogen (secondary N) is 1. The van der Waals surface area contributed by atoms with Gasteiger partial charge in [0.05, 0.1) is 7.11 Å². The average Bonchev–Trinajstić information content (AvgIpc) is 2.62. The molecule has 7 heteroatoms. The van der Waals surface area contributed by atoms with Crippen molar-refractivity contribution in [3.05, 3.63) is 24.3 Å². The van der Waals surface area contributed by atoms with Crippen molar-refractivity contribution in [2.24, 2.45) is 0 Å². The molecule has 1 rings (SSSR count). The van der Waals surface area contributed by atoms with Gasteiger partial charge in [0.25, 0.3) is 0 Å². The summed E-state index contributed by atoms with van der Waals surface area (Å²) in [4.78, 5) is 36.5. The van der Waals surface area contributed by atoms with Crippen LogP contribution < -0.4 is 10.2 Å². The maximum Gasteiger partial charge on any atom is 0.414 e. The molecule has 28 heavy (non-hydrogen) atoms. The zero-order chi connectivity index (χ0) is 21.2. The summed E-state index contributed by atoms with van der Waals surface area (Å²) in [6, 6.07) is 7.02. The first kappa shape index (κ1) is 23.5. The number of carbonyl (C=O) groups excluding carboxylic acids is 3. The zero-order valence-corrected chi connectivity index (χ0v) is 17.5. The van der Waals surface area contributed by atoms with Gasteiger partial charge >= 0.3 is 12.1 Å². The number of amides is 2. The molecule has 0 spiro atoms. The fraction of sp³-hybridized carbons (Fsp3) is 0.571. The molecule has 1 aromatic rings. The number of benzene rings is 1. The van der Waals surface area contributed by atoms with Crippen LogP contribution in [0, 0.1) is 0 Å². The predicted octanol–water partition coefficient (Wildman–Crippen LogP) is 4.51. The highest BCUT2D eigenvalue weighted by atomic mass is 16.6. The van der Waals surface area contributed by atoms with Gasteiger partial charge in [0.15, 0.2) is 0 Å². The van der Waals surface area contributed by atoms with E-state index in [0.717, 1.165) is 25.7 Å². The second-order valence-electron chi connectivity index (χ2n) is 7.62. The number of anilines is 2. The zero-order valence-electron chi connectivity index (χ0n) is 17.5. The minimum Gasteiger partial charge on any atom is -0.469 e. The first-order valence-electron chi connectivity index (χ1n) is 9.56. The number of hydrogen-bond donors (Lipinski definition) is 1. The SMILES string of the molecule is COC(=O)CCCCCCC(=O)Nc1ccc(N(C)C(=O)OC(C)(C)C)cc1. The molecular formula is C21H32N2O5. The average molecular weight is 392 g/mol. The number of rotatable bonds is 9. The summed E-state index contributed by atoms with van der Waals surface area (Å²) in [6.07, 6.45) is 3.76. The molecule has 0 saturated heterocycles. The van der Waals surface area contributed by atoms with Crippen LogP contribution in [-0.4, -0.2) is 37.7 Å². The van der Waals surface area contributed by atoms with E-state index in [-0.39, 0.29) is 11.9 Å². The Morgan fingerprint density at radius 3 is 2.07 bits per heavy atom. The van der Waals surface area contributed by atoms with Crippen molar-refractivity contribution >= 4 is 29.3 Å². The Kier molecular flexibility index (Phi) is 9.48. The van der Waals surface area contributed by atoms with Gasteiger partial charge in [0.2, 0.25) is 5.91 Å². The Bertz CT molecular complexity index is 650. The van der Waals surface area contributed by atoms with Gasteiger partial charge in [-0.3, -0.25) is 14.5 Å². The van der Waals surface area contributed by atoms with Crippen molar-refractivity contribution in [3.8, 4) is 0 Å². The lowest BCUT2D eigenvalue weighted by Crippen LogP contribution is -2.34. The Labute approximate surface area is 167 Å². The van der Waals surface area contributed by atoms with Crippen LogP contribution in [0.1, 0.15) is 59.3 Å². The highest BCUT2D eigenvalue weighted by Gasteiger charge is 2.20. The van der Waals surface area contributed by atoms with E-state index in [9.17, 15) is 14.4 Å². The largest absolute Gasteiger partial charge is 0.469 e. The summed E-state index contributed by atoms with van der Waals surface area (Å²) < 4.78 is 9.92. The normalized spacial score (nSPS) is 10.9. The van der Waals surface area contributed by atoms with Gasteiger partial charge in [-0.25, -0.2) is 4.79 Å². The van der Waals surface area contributed by atoms with Crippen LogP contribution in [0.15, 0.2) is 24.3 Å². The van der Waals surface area contributed by atoms with E-state index in [1.54, 1.807) is 31.3 Å². The van der Waals surface area contributed by atoms with Crippen LogP contribution >= 0.6 is 0 Å². The smallest absolute Gasteiger partial charge is 0.414 e. The number of ether oxygens (including phenoxy) is 2. The van der Waals surface area contributed by atoms with Gasteiger partial charge in [-0.1, -0.05) is 12.8 Å². The van der Waals surface area contributed by atoms with E-state index in [1.807, 2.05) is 20.8 Å². The molecule has 0 aliphatic rings. The highest BCUT2D eigenvalue weighted by molar-refractivity contribution is 5.91. The third-order valence-corrected chi connectivity index (χ3v) is 3.97. The lowest BCUT2D eigenvalue weighted by atomic mass is 10.1. The molecule has 7 nitrogen and oxygen atoms in total. The third kappa shape index (κ3) is 9.39. The van der Waals surface area contributed by atoms with E-state index < -0.39 is 11.7 Å². The lowest BCUT2D eigenvalue weighted by molar-refractivity contribution is -0.140. The van der Waals surface area contributed by atoms with Crippen molar-refractivity contribution in [1.29, 1.82) is 0 Å². The Balaban J connectivity index is 2.36. The predicted molar refractivity (Wildman–Crippen MR) is 109 cm³/mol. The van der Waals surface area contributed by atoms with Crippen LogP contribution in [0.2, 0.25) is 0 Å². The van der Waals surface area contributed by atoms with Crippen molar-refractivity contribution in [3.63, 3.8) is 0 Å². The van der Waals surface area contributed by atoms with Gasteiger partial charge in [-0.05, 0) is 57.9 Å². The number of unbranched alkanes of at least 4 members (excludes halogenated alkanes) is 3. The van der Waals surface area contributed by atoms with E-state index in [1.165, 1.54) is 12.0 Å². The van der Waals surface area contributed by atoms with Crippen LogP contribution in [0.5, 0.6) is 0 Å². The fourth-order valence-electron chi connectivity index (χ4n) is 2.44. The molecule has 0 bridgehead atoms. The minimum absolute atomic E-state index is 0.0544. The van der Waals surface area contributed by atoms with Gasteiger partial charge < -0.3 is 14.8 Å². The van der Waals surface area contributed by atoms with Crippen LogP contribution in [0.25, 0.3) is 0 Å². The van der Waals surface area contributed by atoms with Crippen molar-refractivity contribution in [2.75, 3.05) is 24.4 Å². The monoisotopic (exact) mass is 392 g/mol. The topological polar surface area (TPSA) is 84.9 Å². The number of carbonyl (C=O) groups is 3. The van der Waals surface area contributed by atoms with E-state index in [0.29, 0.717) is 24.2 Å². The second kappa shape index (κ2) is 11.3. The van der Waals surface area contributed by atoms with Crippen LogP contribution in [0.3, 0.4) is 0 Å². The Morgan fingerprint density at radius 1 is 0.964 bits per heavy atom. The third-order valence-electron chi connectivity index (χ3n) is 3.97. The minimum atomic E-state index is -0.557. The standard InChI is InChI=1S/C21H32N2O5/c1-21(2,3)28-20(26)23(4)17-14-12-16(13-15-17)22-18(24)10-8-6-7-9-11-19(25)27-5/h12-15H,6-11H2,1-5H3,(H,22,24). The Hall–Kier alpha value is -2.57. The van der Waals surface area contributed by atoms with Crippen molar-refractivity contribution in [2.45, 2.75) is 64.9 Å². The van der Waals surface area contributed by atoms with Crippen molar-refractivity contribution < 1.29 is 23.9 Å². The summed E-state index contributed by atoms with van der Waals surface area (Å²) in [5, 5.41) is 2.85. The fourth-order valence-corrected chi connectivity index (χ4v) is 2.44. The molecule has 0 heterocycles. The van der Waals surface area contributed by atoms with Gasteiger partial charge in [0.1, 0.15) is 5.60 Å². The molecule has 0 aliphatic heterocycles. The maximum atomic E-state index is 12.1. The molecule has 0 unspecified atom stereocenters. The number of methoxy groups -OCH3 is 1. The summed E-state index contributed by atoms with van der Waals surface area (Å²) in [5.41, 5.74) is 0.799. The quantitative estimate of drug-likeness (QED) is 0.494. The molecule has 0 aliphatic carbocycles. The first-order valence-corrected chi connectivity index (χ1v) is 9.56. The van der Waals surface area contributed by atoms with Crippen LogP contribution in [0.4, 0.5) is 16.2 Å². The van der Waals surface area contributed by atoms with Gasteiger partial charge in [-0.2, -0.15) is 0 Å². The molecular weight excluding hydrogens is 360 g/mol. The van der Waals surface area contributed by atoms with Crippen LogP contribution in [-0.2, 0) is 19.1 Å². The molecule has 0 fully saturated rings. The molecule has 0 saturated carbocycles. The van der Waals surface area contributed by atoms with Crippen molar-refractivity contribution in [1.82, 2.24) is 0 Å². The molecule has 0 radical (unpaired) electrons. The van der Waals surface area contributed by atoms with Gasteiger partial charge in [-0.15, -0.1) is 0 Å². The molecule has 0 atom stereocenters.